The number of para-hydroxylation sites is 1. The van der Waals surface area contributed by atoms with E-state index in [9.17, 15) is 4.79 Å². The largest absolute Gasteiger partial charge is 0.356 e. The van der Waals surface area contributed by atoms with Crippen LogP contribution in [-0.2, 0) is 6.54 Å². The summed E-state index contributed by atoms with van der Waals surface area (Å²) in [6.07, 6.45) is 5.57. The zero-order valence-corrected chi connectivity index (χ0v) is 16.4. The van der Waals surface area contributed by atoms with Crippen LogP contribution < -0.4 is 5.56 Å². The minimum absolute atomic E-state index is 0.0218. The van der Waals surface area contributed by atoms with E-state index in [1.807, 2.05) is 37.4 Å². The summed E-state index contributed by atoms with van der Waals surface area (Å²) in [4.78, 5) is 23.6. The van der Waals surface area contributed by atoms with Crippen molar-refractivity contribution in [3.8, 4) is 0 Å². The highest BCUT2D eigenvalue weighted by Crippen LogP contribution is 2.32. The third kappa shape index (κ3) is 3.42. The third-order valence-corrected chi connectivity index (χ3v) is 5.88. The van der Waals surface area contributed by atoms with Crippen molar-refractivity contribution in [2.75, 3.05) is 19.6 Å². The molecule has 0 amide bonds. The van der Waals surface area contributed by atoms with Gasteiger partial charge in [-0.3, -0.25) is 4.79 Å². The van der Waals surface area contributed by atoms with E-state index in [0.29, 0.717) is 29.2 Å². The van der Waals surface area contributed by atoms with Crippen molar-refractivity contribution in [1.29, 1.82) is 0 Å². The molecule has 0 bridgehead atoms. The van der Waals surface area contributed by atoms with E-state index in [1.165, 1.54) is 0 Å². The normalized spacial score (nSPS) is 16.0. The predicted octanol–water partition coefficient (Wildman–Crippen LogP) is 3.12. The van der Waals surface area contributed by atoms with E-state index in [4.69, 9.17) is 4.52 Å². The summed E-state index contributed by atoms with van der Waals surface area (Å²) in [7, 11) is 0. The zero-order chi connectivity index (χ0) is 19.8. The van der Waals surface area contributed by atoms with E-state index in [2.05, 4.69) is 26.1 Å². The van der Waals surface area contributed by atoms with Crippen molar-refractivity contribution in [2.24, 2.45) is 0 Å². The zero-order valence-electron chi connectivity index (χ0n) is 16.4. The number of likely N-dealkylation sites (tertiary alicyclic amines) is 1. The molecule has 0 N–H and O–H groups in total. The number of nitrogens with zero attached hydrogens (tertiary/aromatic N) is 5. The van der Waals surface area contributed by atoms with Gasteiger partial charge >= 0.3 is 0 Å². The number of rotatable bonds is 4. The fourth-order valence-corrected chi connectivity index (χ4v) is 4.22. The first-order valence-electron chi connectivity index (χ1n) is 10.1. The van der Waals surface area contributed by atoms with Crippen molar-refractivity contribution in [1.82, 2.24) is 24.6 Å². The summed E-state index contributed by atoms with van der Waals surface area (Å²) in [5.74, 6) is 1.11. The number of pyridine rings is 1. The molecule has 148 valence electrons. The lowest BCUT2D eigenvalue weighted by atomic mass is 9.91. The average molecular weight is 389 g/mol. The van der Waals surface area contributed by atoms with Crippen molar-refractivity contribution in [3.63, 3.8) is 0 Å². The SMILES string of the molecule is Cc1ncc2c(=O)n(CCN3CCC(c4noc5ccccc45)CC3)ccc2n1. The summed E-state index contributed by atoms with van der Waals surface area (Å²) in [5.41, 5.74) is 2.63. The molecular weight excluding hydrogens is 366 g/mol. The van der Waals surface area contributed by atoms with Crippen LogP contribution >= 0.6 is 0 Å². The Kier molecular flexibility index (Phi) is 4.60. The molecule has 0 spiro atoms. The quantitative estimate of drug-likeness (QED) is 0.534. The molecular formula is C22H23N5O2. The molecule has 5 rings (SSSR count). The van der Waals surface area contributed by atoms with Gasteiger partial charge in [0.15, 0.2) is 5.58 Å². The number of aromatic nitrogens is 4. The maximum atomic E-state index is 12.7. The molecule has 3 aromatic heterocycles. The second kappa shape index (κ2) is 7.40. The van der Waals surface area contributed by atoms with Gasteiger partial charge in [-0.1, -0.05) is 17.3 Å². The lowest BCUT2D eigenvalue weighted by Crippen LogP contribution is -2.36. The molecule has 4 heterocycles. The van der Waals surface area contributed by atoms with Crippen molar-refractivity contribution in [2.45, 2.75) is 32.2 Å². The molecule has 1 fully saturated rings. The van der Waals surface area contributed by atoms with Crippen LogP contribution in [0.4, 0.5) is 0 Å². The Labute approximate surface area is 168 Å². The fraction of sp³-hybridized carbons (Fsp3) is 0.364. The Bertz CT molecular complexity index is 1220. The van der Waals surface area contributed by atoms with Crippen LogP contribution in [0.3, 0.4) is 0 Å². The van der Waals surface area contributed by atoms with Gasteiger partial charge in [0.1, 0.15) is 5.82 Å². The molecule has 0 atom stereocenters. The van der Waals surface area contributed by atoms with Gasteiger partial charge in [0.05, 0.1) is 16.6 Å². The van der Waals surface area contributed by atoms with Crippen LogP contribution in [0.15, 0.2) is 52.0 Å². The maximum absolute atomic E-state index is 12.7. The Morgan fingerprint density at radius 3 is 2.79 bits per heavy atom. The van der Waals surface area contributed by atoms with Gasteiger partial charge in [-0.15, -0.1) is 0 Å². The van der Waals surface area contributed by atoms with Crippen molar-refractivity contribution >= 4 is 21.9 Å². The molecule has 7 heteroatoms. The number of piperidine rings is 1. The van der Waals surface area contributed by atoms with Crippen LogP contribution in [-0.4, -0.2) is 44.2 Å². The molecule has 0 aliphatic carbocycles. The van der Waals surface area contributed by atoms with Crippen LogP contribution in [0.5, 0.6) is 0 Å². The summed E-state index contributed by atoms with van der Waals surface area (Å²) >= 11 is 0. The molecule has 1 aromatic carbocycles. The van der Waals surface area contributed by atoms with Crippen LogP contribution in [0, 0.1) is 6.92 Å². The van der Waals surface area contributed by atoms with Gasteiger partial charge in [-0.25, -0.2) is 9.97 Å². The minimum atomic E-state index is -0.0218. The van der Waals surface area contributed by atoms with E-state index in [0.717, 1.165) is 49.1 Å². The van der Waals surface area contributed by atoms with Gasteiger partial charge in [0, 0.05) is 36.8 Å². The van der Waals surface area contributed by atoms with Crippen LogP contribution in [0.25, 0.3) is 21.9 Å². The monoisotopic (exact) mass is 389 g/mol. The van der Waals surface area contributed by atoms with E-state index in [1.54, 1.807) is 10.8 Å². The fourth-order valence-electron chi connectivity index (χ4n) is 4.22. The van der Waals surface area contributed by atoms with Gasteiger partial charge in [-0.05, 0) is 51.1 Å². The minimum Gasteiger partial charge on any atom is -0.356 e. The third-order valence-electron chi connectivity index (χ3n) is 5.88. The molecule has 0 radical (unpaired) electrons. The Balaban J connectivity index is 1.23. The molecule has 1 aliphatic heterocycles. The standard InChI is InChI=1S/C22H23N5O2/c1-15-23-14-18-19(24-15)8-11-27(22(18)28)13-12-26-9-6-16(7-10-26)21-17-4-2-3-5-20(17)29-25-21/h2-5,8,11,14,16H,6-7,9-10,12-13H2,1H3. The second-order valence-corrected chi connectivity index (χ2v) is 7.71. The highest BCUT2D eigenvalue weighted by molar-refractivity contribution is 5.79. The van der Waals surface area contributed by atoms with Crippen LogP contribution in [0.2, 0.25) is 0 Å². The number of benzene rings is 1. The lowest BCUT2D eigenvalue weighted by molar-refractivity contribution is 0.202. The maximum Gasteiger partial charge on any atom is 0.261 e. The highest BCUT2D eigenvalue weighted by atomic mass is 16.5. The Morgan fingerprint density at radius 1 is 1.10 bits per heavy atom. The van der Waals surface area contributed by atoms with Gasteiger partial charge in [0.25, 0.3) is 5.56 Å². The summed E-state index contributed by atoms with van der Waals surface area (Å²) in [5, 5.41) is 6.04. The van der Waals surface area contributed by atoms with E-state index < -0.39 is 0 Å². The topological polar surface area (TPSA) is 77.0 Å². The Hall–Kier alpha value is -3.06. The molecule has 0 saturated carbocycles. The number of hydrogen-bond acceptors (Lipinski definition) is 6. The molecule has 4 aromatic rings. The van der Waals surface area contributed by atoms with Crippen molar-refractivity contribution < 1.29 is 4.52 Å². The summed E-state index contributed by atoms with van der Waals surface area (Å²) in [6, 6.07) is 9.96. The highest BCUT2D eigenvalue weighted by Gasteiger charge is 2.24. The van der Waals surface area contributed by atoms with Crippen LogP contribution in [0.1, 0.15) is 30.3 Å². The van der Waals surface area contributed by atoms with E-state index in [-0.39, 0.29) is 5.56 Å². The smallest absolute Gasteiger partial charge is 0.261 e. The number of hydrogen-bond donors (Lipinski definition) is 0. The van der Waals surface area contributed by atoms with Gasteiger partial charge in [-0.2, -0.15) is 0 Å². The number of fused-ring (bicyclic) bond motifs is 2. The van der Waals surface area contributed by atoms with E-state index >= 15 is 0 Å². The first-order valence-corrected chi connectivity index (χ1v) is 10.1. The summed E-state index contributed by atoms with van der Waals surface area (Å²) < 4.78 is 7.24. The second-order valence-electron chi connectivity index (χ2n) is 7.71. The molecule has 1 aliphatic rings. The Morgan fingerprint density at radius 2 is 1.93 bits per heavy atom. The first kappa shape index (κ1) is 18.0. The molecule has 29 heavy (non-hydrogen) atoms. The van der Waals surface area contributed by atoms with Gasteiger partial charge in [0.2, 0.25) is 0 Å². The van der Waals surface area contributed by atoms with Crippen molar-refractivity contribution in [3.05, 3.63) is 64.6 Å². The first-order chi connectivity index (χ1) is 14.2. The van der Waals surface area contributed by atoms with Gasteiger partial charge < -0.3 is 14.0 Å². The average Bonchev–Trinajstić information content (AvgIpc) is 3.18. The number of aryl methyl sites for hydroxylation is 1. The lowest BCUT2D eigenvalue weighted by Gasteiger charge is -2.31. The molecule has 1 saturated heterocycles. The summed E-state index contributed by atoms with van der Waals surface area (Å²) in [6.45, 7) is 5.34. The molecule has 0 unspecified atom stereocenters. The predicted molar refractivity (Wildman–Crippen MR) is 111 cm³/mol. The molecule has 7 nitrogen and oxygen atoms in total.